The highest BCUT2D eigenvalue weighted by Crippen LogP contribution is 2.18. The van der Waals surface area contributed by atoms with Gasteiger partial charge in [-0.2, -0.15) is 0 Å². The second-order valence-electron chi connectivity index (χ2n) is 5.61. The van der Waals surface area contributed by atoms with Gasteiger partial charge in [0, 0.05) is 19.1 Å². The van der Waals surface area contributed by atoms with Crippen LogP contribution in [0.3, 0.4) is 0 Å². The van der Waals surface area contributed by atoms with Gasteiger partial charge in [0.15, 0.2) is 5.96 Å². The Morgan fingerprint density at radius 1 is 1.14 bits per heavy atom. The Balaban J connectivity index is 1.61. The van der Waals surface area contributed by atoms with E-state index >= 15 is 0 Å². The quantitative estimate of drug-likeness (QED) is 0.652. The van der Waals surface area contributed by atoms with Crippen LogP contribution in [0.25, 0.3) is 10.8 Å². The molecule has 2 aromatic carbocycles. The summed E-state index contributed by atoms with van der Waals surface area (Å²) in [5.41, 5.74) is 1.35. The molecule has 0 aromatic heterocycles. The normalized spacial score (nSPS) is 15.2. The number of rotatable bonds is 5. The lowest BCUT2D eigenvalue weighted by molar-refractivity contribution is 0.808. The molecular weight excluding hydrogens is 258 g/mol. The van der Waals surface area contributed by atoms with Crippen molar-refractivity contribution in [2.45, 2.75) is 32.2 Å². The molecule has 0 radical (unpaired) electrons. The van der Waals surface area contributed by atoms with E-state index in [2.05, 4.69) is 65.0 Å². The topological polar surface area (TPSA) is 36.4 Å². The van der Waals surface area contributed by atoms with Crippen molar-refractivity contribution in [1.29, 1.82) is 0 Å². The van der Waals surface area contributed by atoms with Gasteiger partial charge in [0.1, 0.15) is 0 Å². The minimum Gasteiger partial charge on any atom is -0.357 e. The third-order valence-corrected chi connectivity index (χ3v) is 3.75. The Hall–Kier alpha value is -2.03. The summed E-state index contributed by atoms with van der Waals surface area (Å²) in [6, 6.07) is 15.8. The number of aliphatic imine (C=N–C) groups is 1. The maximum absolute atomic E-state index is 4.66. The SMILES string of the molecule is CCNC(=NCCc1ccc2ccccc2c1)NC1CC1. The lowest BCUT2D eigenvalue weighted by atomic mass is 10.1. The summed E-state index contributed by atoms with van der Waals surface area (Å²) in [7, 11) is 0. The van der Waals surface area contributed by atoms with Gasteiger partial charge in [-0.3, -0.25) is 4.99 Å². The van der Waals surface area contributed by atoms with Gasteiger partial charge < -0.3 is 10.6 Å². The molecule has 3 heteroatoms. The zero-order chi connectivity index (χ0) is 14.5. The van der Waals surface area contributed by atoms with Crippen molar-refractivity contribution in [2.24, 2.45) is 4.99 Å². The van der Waals surface area contributed by atoms with E-state index in [4.69, 9.17) is 0 Å². The zero-order valence-corrected chi connectivity index (χ0v) is 12.6. The van der Waals surface area contributed by atoms with Gasteiger partial charge >= 0.3 is 0 Å². The van der Waals surface area contributed by atoms with Gasteiger partial charge in [-0.05, 0) is 42.5 Å². The van der Waals surface area contributed by atoms with Crippen LogP contribution < -0.4 is 10.6 Å². The predicted octanol–water partition coefficient (Wildman–Crippen LogP) is 3.10. The summed E-state index contributed by atoms with van der Waals surface area (Å²) in [6.07, 6.45) is 3.52. The maximum Gasteiger partial charge on any atom is 0.191 e. The molecule has 1 fully saturated rings. The fraction of sp³-hybridized carbons (Fsp3) is 0.389. The fourth-order valence-corrected chi connectivity index (χ4v) is 2.43. The van der Waals surface area contributed by atoms with Crippen molar-refractivity contribution >= 4 is 16.7 Å². The third kappa shape index (κ3) is 3.97. The highest BCUT2D eigenvalue weighted by Gasteiger charge is 2.21. The Labute approximate surface area is 126 Å². The third-order valence-electron chi connectivity index (χ3n) is 3.75. The Morgan fingerprint density at radius 3 is 2.71 bits per heavy atom. The number of nitrogens with one attached hydrogen (secondary N) is 2. The molecule has 1 aliphatic carbocycles. The second-order valence-corrected chi connectivity index (χ2v) is 5.61. The smallest absolute Gasteiger partial charge is 0.191 e. The summed E-state index contributed by atoms with van der Waals surface area (Å²) in [5.74, 6) is 0.959. The van der Waals surface area contributed by atoms with Crippen LogP contribution in [0, 0.1) is 0 Å². The highest BCUT2D eigenvalue weighted by atomic mass is 15.2. The molecule has 0 atom stereocenters. The minimum absolute atomic E-state index is 0.642. The molecule has 0 bridgehead atoms. The molecule has 0 unspecified atom stereocenters. The highest BCUT2D eigenvalue weighted by molar-refractivity contribution is 5.83. The molecule has 21 heavy (non-hydrogen) atoms. The Kier molecular flexibility index (Phi) is 4.39. The molecule has 0 aliphatic heterocycles. The number of nitrogens with zero attached hydrogens (tertiary/aromatic N) is 1. The van der Waals surface area contributed by atoms with Crippen LogP contribution in [-0.4, -0.2) is 25.1 Å². The summed E-state index contributed by atoms with van der Waals surface area (Å²) < 4.78 is 0. The van der Waals surface area contributed by atoms with Crippen LogP contribution >= 0.6 is 0 Å². The van der Waals surface area contributed by atoms with Crippen LogP contribution in [0.1, 0.15) is 25.3 Å². The molecule has 1 saturated carbocycles. The Morgan fingerprint density at radius 2 is 1.95 bits per heavy atom. The minimum atomic E-state index is 0.642. The van der Waals surface area contributed by atoms with E-state index in [1.165, 1.54) is 29.2 Å². The van der Waals surface area contributed by atoms with Gasteiger partial charge in [0.25, 0.3) is 0 Å². The van der Waals surface area contributed by atoms with Gasteiger partial charge in [0.2, 0.25) is 0 Å². The first kappa shape index (κ1) is 13.9. The number of fused-ring (bicyclic) bond motifs is 1. The molecule has 110 valence electrons. The van der Waals surface area contributed by atoms with Gasteiger partial charge in [0.05, 0.1) is 0 Å². The molecule has 3 rings (SSSR count). The number of guanidine groups is 1. The van der Waals surface area contributed by atoms with Crippen molar-refractivity contribution in [3.63, 3.8) is 0 Å². The van der Waals surface area contributed by atoms with Crippen LogP contribution in [0.2, 0.25) is 0 Å². The van der Waals surface area contributed by atoms with Crippen molar-refractivity contribution in [3.05, 3.63) is 48.0 Å². The monoisotopic (exact) mass is 281 g/mol. The molecule has 0 spiro atoms. The fourth-order valence-electron chi connectivity index (χ4n) is 2.43. The Bertz CT molecular complexity index is 629. The summed E-state index contributed by atoms with van der Waals surface area (Å²) in [5, 5.41) is 9.36. The molecule has 1 aliphatic rings. The first-order chi connectivity index (χ1) is 10.3. The molecule has 2 N–H and O–H groups in total. The van der Waals surface area contributed by atoms with Crippen molar-refractivity contribution < 1.29 is 0 Å². The lowest BCUT2D eigenvalue weighted by Gasteiger charge is -2.10. The molecule has 0 saturated heterocycles. The van der Waals surface area contributed by atoms with Crippen LogP contribution in [0.15, 0.2) is 47.5 Å². The standard InChI is InChI=1S/C18H23N3/c1-2-19-18(21-17-9-10-17)20-12-11-14-7-8-15-5-3-4-6-16(15)13-14/h3-8,13,17H,2,9-12H2,1H3,(H2,19,20,21). The number of hydrogen-bond acceptors (Lipinski definition) is 1. The van der Waals surface area contributed by atoms with E-state index in [0.717, 1.165) is 25.5 Å². The van der Waals surface area contributed by atoms with Crippen molar-refractivity contribution in [3.8, 4) is 0 Å². The van der Waals surface area contributed by atoms with E-state index in [-0.39, 0.29) is 0 Å². The van der Waals surface area contributed by atoms with E-state index in [9.17, 15) is 0 Å². The summed E-state index contributed by atoms with van der Waals surface area (Å²) in [4.78, 5) is 4.66. The van der Waals surface area contributed by atoms with Gasteiger partial charge in [-0.1, -0.05) is 42.5 Å². The van der Waals surface area contributed by atoms with E-state index in [1.54, 1.807) is 0 Å². The number of hydrogen-bond donors (Lipinski definition) is 2. The summed E-state index contributed by atoms with van der Waals surface area (Å²) >= 11 is 0. The molecule has 3 nitrogen and oxygen atoms in total. The average molecular weight is 281 g/mol. The lowest BCUT2D eigenvalue weighted by Crippen LogP contribution is -2.38. The maximum atomic E-state index is 4.66. The van der Waals surface area contributed by atoms with Crippen LogP contribution in [0.4, 0.5) is 0 Å². The van der Waals surface area contributed by atoms with Gasteiger partial charge in [-0.15, -0.1) is 0 Å². The summed E-state index contributed by atoms with van der Waals surface area (Å²) in [6.45, 7) is 3.84. The largest absolute Gasteiger partial charge is 0.357 e. The van der Waals surface area contributed by atoms with Crippen molar-refractivity contribution in [1.82, 2.24) is 10.6 Å². The van der Waals surface area contributed by atoms with Crippen molar-refractivity contribution in [2.75, 3.05) is 13.1 Å². The van der Waals surface area contributed by atoms with Crippen LogP contribution in [0.5, 0.6) is 0 Å². The van der Waals surface area contributed by atoms with Crippen LogP contribution in [-0.2, 0) is 6.42 Å². The zero-order valence-electron chi connectivity index (χ0n) is 12.6. The molecule has 0 amide bonds. The first-order valence-electron chi connectivity index (χ1n) is 7.87. The molecule has 2 aromatic rings. The predicted molar refractivity (Wildman–Crippen MR) is 89.8 cm³/mol. The average Bonchev–Trinajstić information content (AvgIpc) is 3.31. The molecule has 0 heterocycles. The van der Waals surface area contributed by atoms with Gasteiger partial charge in [-0.25, -0.2) is 0 Å². The first-order valence-corrected chi connectivity index (χ1v) is 7.87. The van der Waals surface area contributed by atoms with E-state index < -0.39 is 0 Å². The second kappa shape index (κ2) is 6.61. The molecular formula is C18H23N3. The van der Waals surface area contributed by atoms with E-state index in [0.29, 0.717) is 6.04 Å². The number of benzene rings is 2. The van der Waals surface area contributed by atoms with E-state index in [1.807, 2.05) is 0 Å².